The number of nitrogens with zero attached hydrogens (tertiary/aromatic N) is 3. The molecule has 0 spiro atoms. The minimum atomic E-state index is 0. The van der Waals surface area contributed by atoms with Crippen LogP contribution in [0.1, 0.15) is 23.1 Å². The first-order chi connectivity index (χ1) is 11.1. The van der Waals surface area contributed by atoms with Gasteiger partial charge in [-0.15, -0.1) is 12.4 Å². The molecule has 0 amide bonds. The van der Waals surface area contributed by atoms with Gasteiger partial charge in [-0.2, -0.15) is 0 Å². The maximum absolute atomic E-state index is 6.38. The average Bonchev–Trinajstić information content (AvgIpc) is 2.84. The highest BCUT2D eigenvalue weighted by atomic mass is 35.5. The van der Waals surface area contributed by atoms with E-state index in [0.717, 1.165) is 42.6 Å². The molecule has 0 aliphatic carbocycles. The van der Waals surface area contributed by atoms with Crippen molar-refractivity contribution in [2.75, 3.05) is 22.9 Å². The Hall–Kier alpha value is -1.71. The van der Waals surface area contributed by atoms with Gasteiger partial charge in [0, 0.05) is 18.1 Å². The molecule has 0 unspecified atom stereocenters. The van der Waals surface area contributed by atoms with Crippen LogP contribution in [0.2, 0.25) is 5.02 Å². The van der Waals surface area contributed by atoms with Gasteiger partial charge in [-0.25, -0.2) is 0 Å². The van der Waals surface area contributed by atoms with Gasteiger partial charge in [-0.05, 0) is 55.2 Å². The molecule has 2 aromatic carbocycles. The molecule has 3 nitrogen and oxygen atoms in total. The van der Waals surface area contributed by atoms with Gasteiger partial charge >= 0.3 is 0 Å². The van der Waals surface area contributed by atoms with Crippen molar-refractivity contribution in [1.29, 1.82) is 0 Å². The summed E-state index contributed by atoms with van der Waals surface area (Å²) < 4.78 is 0. The third-order valence-corrected chi connectivity index (χ3v) is 5.10. The van der Waals surface area contributed by atoms with E-state index in [9.17, 15) is 0 Å². The number of halogens is 2. The van der Waals surface area contributed by atoms with Crippen molar-refractivity contribution >= 4 is 41.3 Å². The molecule has 0 radical (unpaired) electrons. The number of hydrogen-bond donors (Lipinski definition) is 0. The molecular formula is C19H21Cl2N3. The Morgan fingerprint density at radius 1 is 1.08 bits per heavy atom. The van der Waals surface area contributed by atoms with Crippen molar-refractivity contribution in [3.63, 3.8) is 0 Å². The van der Waals surface area contributed by atoms with E-state index in [1.54, 1.807) is 0 Å². The lowest BCUT2D eigenvalue weighted by Crippen LogP contribution is -2.41. The smallest absolute Gasteiger partial charge is 0.206 e. The fraction of sp³-hybridized carbons (Fsp3) is 0.316. The van der Waals surface area contributed by atoms with Crippen LogP contribution in [0.4, 0.5) is 11.4 Å². The molecule has 126 valence electrons. The molecule has 2 aliphatic rings. The quantitative estimate of drug-likeness (QED) is 0.752. The van der Waals surface area contributed by atoms with Crippen molar-refractivity contribution in [1.82, 2.24) is 0 Å². The van der Waals surface area contributed by atoms with Gasteiger partial charge in [0.15, 0.2) is 0 Å². The minimum absolute atomic E-state index is 0. The number of benzene rings is 2. The highest BCUT2D eigenvalue weighted by Crippen LogP contribution is 2.41. The number of rotatable bonds is 2. The van der Waals surface area contributed by atoms with Crippen LogP contribution in [0.5, 0.6) is 0 Å². The van der Waals surface area contributed by atoms with E-state index in [1.807, 2.05) is 18.2 Å². The summed E-state index contributed by atoms with van der Waals surface area (Å²) in [7, 11) is 0. The fourth-order valence-electron chi connectivity index (χ4n) is 3.33. The van der Waals surface area contributed by atoms with Crippen LogP contribution in [-0.2, 0) is 6.54 Å². The Labute approximate surface area is 154 Å². The van der Waals surface area contributed by atoms with Crippen LogP contribution in [0.25, 0.3) is 0 Å². The highest BCUT2D eigenvalue weighted by molar-refractivity contribution is 6.31. The second kappa shape index (κ2) is 6.66. The second-order valence-electron chi connectivity index (χ2n) is 6.29. The number of fused-ring (bicyclic) bond motifs is 3. The van der Waals surface area contributed by atoms with Crippen molar-refractivity contribution < 1.29 is 0 Å². The summed E-state index contributed by atoms with van der Waals surface area (Å²) >= 11 is 6.38. The van der Waals surface area contributed by atoms with Crippen molar-refractivity contribution in [2.24, 2.45) is 4.99 Å². The Bertz CT molecular complexity index is 801. The van der Waals surface area contributed by atoms with E-state index in [0.29, 0.717) is 0 Å². The summed E-state index contributed by atoms with van der Waals surface area (Å²) in [5.74, 6) is 1.07. The van der Waals surface area contributed by atoms with E-state index in [1.165, 1.54) is 22.5 Å². The summed E-state index contributed by atoms with van der Waals surface area (Å²) in [5.41, 5.74) is 6.29. The molecule has 0 atom stereocenters. The molecule has 24 heavy (non-hydrogen) atoms. The van der Waals surface area contributed by atoms with E-state index in [4.69, 9.17) is 16.6 Å². The largest absolute Gasteiger partial charge is 0.310 e. The highest BCUT2D eigenvalue weighted by Gasteiger charge is 2.34. The maximum Gasteiger partial charge on any atom is 0.206 e. The zero-order valence-electron chi connectivity index (χ0n) is 13.9. The monoisotopic (exact) mass is 361 g/mol. The fourth-order valence-corrected chi connectivity index (χ4v) is 3.53. The van der Waals surface area contributed by atoms with Gasteiger partial charge in [0.1, 0.15) is 0 Å². The number of aliphatic imine (C=N–C) groups is 1. The summed E-state index contributed by atoms with van der Waals surface area (Å²) in [6.45, 7) is 7.03. The molecule has 0 aromatic heterocycles. The molecule has 4 rings (SSSR count). The standard InChI is InChI=1S/C19H20ClN3.ClH/c1-13-10-17-18(11-14(13)2)23(19-21-8-5-9-22(17)19)12-15-6-3-4-7-16(15)20;/h3-4,6-7,10-11H,5,8-9,12H2,1-2H3;1H. The van der Waals surface area contributed by atoms with E-state index < -0.39 is 0 Å². The van der Waals surface area contributed by atoms with Crippen molar-refractivity contribution in [3.8, 4) is 0 Å². The summed E-state index contributed by atoms with van der Waals surface area (Å²) in [6, 6.07) is 12.6. The van der Waals surface area contributed by atoms with Gasteiger partial charge in [0.05, 0.1) is 17.9 Å². The SMILES string of the molecule is Cc1cc2c(cc1C)N(Cc1ccccc1Cl)C1=NCCCN12.Cl. The maximum atomic E-state index is 6.38. The molecule has 2 aromatic rings. The molecular weight excluding hydrogens is 341 g/mol. The third kappa shape index (κ3) is 2.76. The van der Waals surface area contributed by atoms with Crippen LogP contribution in [0.15, 0.2) is 41.4 Å². The Kier molecular flexibility index (Phi) is 4.75. The van der Waals surface area contributed by atoms with Gasteiger partial charge < -0.3 is 9.80 Å². The third-order valence-electron chi connectivity index (χ3n) is 4.73. The average molecular weight is 362 g/mol. The predicted octanol–water partition coefficient (Wildman–Crippen LogP) is 4.96. The predicted molar refractivity (Wildman–Crippen MR) is 105 cm³/mol. The zero-order valence-corrected chi connectivity index (χ0v) is 15.5. The Morgan fingerprint density at radius 3 is 2.54 bits per heavy atom. The van der Waals surface area contributed by atoms with Crippen LogP contribution in [0, 0.1) is 13.8 Å². The number of hydrogen-bond acceptors (Lipinski definition) is 3. The molecule has 0 fully saturated rings. The van der Waals surface area contributed by atoms with Gasteiger partial charge in [0.25, 0.3) is 0 Å². The zero-order chi connectivity index (χ0) is 16.0. The first-order valence-electron chi connectivity index (χ1n) is 8.09. The van der Waals surface area contributed by atoms with Crippen LogP contribution in [-0.4, -0.2) is 19.0 Å². The molecule has 5 heteroatoms. The molecule has 0 saturated carbocycles. The van der Waals surface area contributed by atoms with Gasteiger partial charge in [0.2, 0.25) is 5.96 Å². The minimum Gasteiger partial charge on any atom is -0.310 e. The van der Waals surface area contributed by atoms with Gasteiger partial charge in [-0.1, -0.05) is 29.8 Å². The summed E-state index contributed by atoms with van der Waals surface area (Å²) in [5, 5.41) is 0.813. The first-order valence-corrected chi connectivity index (χ1v) is 8.47. The lowest BCUT2D eigenvalue weighted by molar-refractivity contribution is 0.784. The van der Waals surface area contributed by atoms with E-state index >= 15 is 0 Å². The molecule has 0 bridgehead atoms. The molecule has 2 aliphatic heterocycles. The number of guanidine groups is 1. The van der Waals surface area contributed by atoms with Crippen molar-refractivity contribution in [3.05, 3.63) is 58.1 Å². The Morgan fingerprint density at radius 2 is 1.79 bits per heavy atom. The lowest BCUT2D eigenvalue weighted by Gasteiger charge is -2.27. The topological polar surface area (TPSA) is 18.8 Å². The van der Waals surface area contributed by atoms with E-state index in [2.05, 4.69) is 41.8 Å². The second-order valence-corrected chi connectivity index (χ2v) is 6.70. The molecule has 0 saturated heterocycles. The van der Waals surface area contributed by atoms with Crippen molar-refractivity contribution in [2.45, 2.75) is 26.8 Å². The Balaban J connectivity index is 0.00000169. The number of aryl methyl sites for hydroxylation is 2. The summed E-state index contributed by atoms with van der Waals surface area (Å²) in [6.07, 6.45) is 1.11. The van der Waals surface area contributed by atoms with Crippen LogP contribution >= 0.6 is 24.0 Å². The lowest BCUT2D eigenvalue weighted by atomic mass is 10.1. The number of anilines is 2. The van der Waals surface area contributed by atoms with Gasteiger partial charge in [-0.3, -0.25) is 4.99 Å². The van der Waals surface area contributed by atoms with Crippen LogP contribution < -0.4 is 9.80 Å². The first kappa shape index (κ1) is 17.1. The normalized spacial score (nSPS) is 15.5. The molecule has 0 N–H and O–H groups in total. The van der Waals surface area contributed by atoms with E-state index in [-0.39, 0.29) is 12.4 Å². The molecule has 2 heterocycles. The van der Waals surface area contributed by atoms with Crippen LogP contribution in [0.3, 0.4) is 0 Å². The summed E-state index contributed by atoms with van der Waals surface area (Å²) in [4.78, 5) is 9.46.